The van der Waals surface area contributed by atoms with Gasteiger partial charge in [0.1, 0.15) is 17.2 Å². The summed E-state index contributed by atoms with van der Waals surface area (Å²) in [6.07, 6.45) is 2.88. The average Bonchev–Trinajstić information content (AvgIpc) is 2.84. The summed E-state index contributed by atoms with van der Waals surface area (Å²) in [5.41, 5.74) is 6.11. The molecule has 4 aliphatic heterocycles. The maximum Gasteiger partial charge on any atom is 0.182 e. The molecule has 4 aromatic carbocycles. The summed E-state index contributed by atoms with van der Waals surface area (Å²) in [5, 5.41) is 32.4. The quantitative estimate of drug-likeness (QED) is 0.310. The zero-order valence-corrected chi connectivity index (χ0v) is 20.0. The van der Waals surface area contributed by atoms with Gasteiger partial charge in [-0.1, -0.05) is 36.4 Å². The summed E-state index contributed by atoms with van der Waals surface area (Å²) in [5.74, 6) is 1.50. The van der Waals surface area contributed by atoms with Crippen LogP contribution in [-0.4, -0.2) is 29.4 Å². The standard InChI is InChI=1S/C30H29NO4/c1-31(2)25-16-21-7-6-20-11-15-24(27(33)17-20)29-22(4-3-5-26(29)32)12-8-19-9-13-23(14-10-19)35-28(18-21)30(25)34/h3-5,9-11,13-18,32-34H,6-8,12H2,1-2H3. The van der Waals surface area contributed by atoms with E-state index in [0.29, 0.717) is 47.6 Å². The first-order chi connectivity index (χ1) is 16.9. The van der Waals surface area contributed by atoms with Gasteiger partial charge in [-0.05, 0) is 84.3 Å². The monoisotopic (exact) mass is 467 g/mol. The van der Waals surface area contributed by atoms with Crippen LogP contribution in [-0.2, 0) is 25.7 Å². The van der Waals surface area contributed by atoms with Gasteiger partial charge in [0.05, 0.1) is 5.69 Å². The van der Waals surface area contributed by atoms with E-state index in [1.807, 2.05) is 79.7 Å². The number of hydrogen-bond acceptors (Lipinski definition) is 5. The fraction of sp³-hybridized carbons (Fsp3) is 0.200. The van der Waals surface area contributed by atoms with Crippen molar-refractivity contribution in [3.63, 3.8) is 0 Å². The third-order valence-corrected chi connectivity index (χ3v) is 6.59. The second kappa shape index (κ2) is 9.26. The van der Waals surface area contributed by atoms with Crippen LogP contribution in [0.15, 0.2) is 72.8 Å². The predicted octanol–water partition coefficient (Wildman–Crippen LogP) is 6.21. The van der Waals surface area contributed by atoms with Crippen molar-refractivity contribution in [2.24, 2.45) is 0 Å². The molecule has 4 aromatic rings. The van der Waals surface area contributed by atoms with Crippen LogP contribution in [0.2, 0.25) is 0 Å². The minimum atomic E-state index is 0.107. The molecule has 0 radical (unpaired) electrons. The highest BCUT2D eigenvalue weighted by molar-refractivity contribution is 5.78. The van der Waals surface area contributed by atoms with Gasteiger partial charge in [-0.15, -0.1) is 0 Å². The fourth-order valence-corrected chi connectivity index (χ4v) is 4.68. The van der Waals surface area contributed by atoms with Crippen molar-refractivity contribution in [2.75, 3.05) is 19.0 Å². The molecule has 3 N–H and O–H groups in total. The molecule has 178 valence electrons. The third kappa shape index (κ3) is 4.62. The first kappa shape index (κ1) is 22.7. The molecule has 8 rings (SSSR count). The third-order valence-electron chi connectivity index (χ3n) is 6.59. The molecule has 0 spiro atoms. The molecule has 5 nitrogen and oxygen atoms in total. The van der Waals surface area contributed by atoms with Crippen molar-refractivity contribution < 1.29 is 20.1 Å². The van der Waals surface area contributed by atoms with Crippen LogP contribution in [0.4, 0.5) is 5.69 Å². The molecule has 0 fully saturated rings. The first-order valence-electron chi connectivity index (χ1n) is 11.8. The lowest BCUT2D eigenvalue weighted by Gasteiger charge is -2.19. The van der Waals surface area contributed by atoms with Crippen molar-refractivity contribution in [1.82, 2.24) is 0 Å². The maximum atomic E-state index is 10.9. The van der Waals surface area contributed by atoms with Gasteiger partial charge in [-0.3, -0.25) is 0 Å². The van der Waals surface area contributed by atoms with Gasteiger partial charge in [0.25, 0.3) is 0 Å². The molecule has 0 atom stereocenters. The van der Waals surface area contributed by atoms with Crippen molar-refractivity contribution in [1.29, 1.82) is 0 Å². The van der Waals surface area contributed by atoms with E-state index in [9.17, 15) is 15.3 Å². The number of hydrogen-bond donors (Lipinski definition) is 3. The van der Waals surface area contributed by atoms with Crippen LogP contribution in [0.5, 0.6) is 28.7 Å². The van der Waals surface area contributed by atoms with Gasteiger partial charge in [0.2, 0.25) is 0 Å². The Bertz CT molecular complexity index is 1380. The average molecular weight is 468 g/mol. The molecule has 6 bridgehead atoms. The fourth-order valence-electron chi connectivity index (χ4n) is 4.68. The molecular weight excluding hydrogens is 438 g/mol. The number of nitrogens with zero attached hydrogens (tertiary/aromatic N) is 1. The number of phenolic OH excluding ortho intramolecular Hbond substituents is 3. The summed E-state index contributed by atoms with van der Waals surface area (Å²) in [7, 11) is 3.78. The SMILES string of the molecule is CN(C)c1cc2cc(c1O)Oc1ccc(cc1)CCc1cccc(O)c1-c1ccc(cc1O)CC2. The number of benzene rings is 4. The second-order valence-electron chi connectivity index (χ2n) is 9.26. The highest BCUT2D eigenvalue weighted by Gasteiger charge is 2.17. The first-order valence-corrected chi connectivity index (χ1v) is 11.8. The number of aromatic hydroxyl groups is 3. The number of anilines is 1. The van der Waals surface area contributed by atoms with Gasteiger partial charge < -0.3 is 25.0 Å². The van der Waals surface area contributed by atoms with E-state index in [4.69, 9.17) is 4.74 Å². The van der Waals surface area contributed by atoms with E-state index in [2.05, 4.69) is 0 Å². The van der Waals surface area contributed by atoms with Crippen molar-refractivity contribution >= 4 is 5.69 Å². The molecule has 5 heteroatoms. The van der Waals surface area contributed by atoms with Gasteiger partial charge in [0.15, 0.2) is 11.5 Å². The highest BCUT2D eigenvalue weighted by Crippen LogP contribution is 2.41. The lowest BCUT2D eigenvalue weighted by atomic mass is 9.92. The highest BCUT2D eigenvalue weighted by atomic mass is 16.5. The van der Waals surface area contributed by atoms with Crippen LogP contribution in [0.3, 0.4) is 0 Å². The minimum Gasteiger partial charge on any atom is -0.507 e. The van der Waals surface area contributed by atoms with Gasteiger partial charge in [-0.2, -0.15) is 0 Å². The molecule has 4 aliphatic rings. The molecule has 0 unspecified atom stereocenters. The van der Waals surface area contributed by atoms with Crippen molar-refractivity contribution in [2.45, 2.75) is 25.7 Å². The van der Waals surface area contributed by atoms with Crippen LogP contribution < -0.4 is 9.64 Å². The van der Waals surface area contributed by atoms with Gasteiger partial charge >= 0.3 is 0 Å². The number of phenols is 3. The topological polar surface area (TPSA) is 73.2 Å². The van der Waals surface area contributed by atoms with Crippen LogP contribution in [0.1, 0.15) is 22.3 Å². The molecule has 0 aromatic heterocycles. The van der Waals surface area contributed by atoms with Crippen molar-refractivity contribution in [3.05, 3.63) is 95.1 Å². The Kier molecular flexibility index (Phi) is 6.00. The molecule has 0 saturated carbocycles. The minimum absolute atomic E-state index is 0.107. The van der Waals surface area contributed by atoms with Crippen LogP contribution in [0.25, 0.3) is 11.1 Å². The summed E-state index contributed by atoms with van der Waals surface area (Å²) in [6.45, 7) is 0. The zero-order valence-electron chi connectivity index (χ0n) is 20.0. The largest absolute Gasteiger partial charge is 0.507 e. The predicted molar refractivity (Wildman–Crippen MR) is 139 cm³/mol. The molecule has 35 heavy (non-hydrogen) atoms. The van der Waals surface area contributed by atoms with E-state index >= 15 is 0 Å². The Morgan fingerprint density at radius 2 is 1.40 bits per heavy atom. The van der Waals surface area contributed by atoms with Crippen molar-refractivity contribution in [3.8, 4) is 39.9 Å². The smallest absolute Gasteiger partial charge is 0.182 e. The molecule has 4 heterocycles. The van der Waals surface area contributed by atoms with E-state index in [0.717, 1.165) is 28.7 Å². The van der Waals surface area contributed by atoms with Crippen LogP contribution in [0, 0.1) is 0 Å². The maximum absolute atomic E-state index is 10.9. The van der Waals surface area contributed by atoms with E-state index in [1.165, 1.54) is 0 Å². The normalized spacial score (nSPS) is 13.0. The van der Waals surface area contributed by atoms with E-state index < -0.39 is 0 Å². The molecule has 0 saturated heterocycles. The van der Waals surface area contributed by atoms with E-state index in [-0.39, 0.29) is 17.2 Å². The summed E-state index contributed by atoms with van der Waals surface area (Å²) in [6, 6.07) is 22.8. The molecule has 0 aliphatic carbocycles. The van der Waals surface area contributed by atoms with Gasteiger partial charge in [0, 0.05) is 25.2 Å². The lowest BCUT2D eigenvalue weighted by molar-refractivity contribution is 0.411. The summed E-state index contributed by atoms with van der Waals surface area (Å²) in [4.78, 5) is 1.87. The van der Waals surface area contributed by atoms with E-state index in [1.54, 1.807) is 12.1 Å². The zero-order chi connectivity index (χ0) is 24.5. The molecular formula is C30H29NO4. The number of rotatable bonds is 1. The Labute approximate surface area is 205 Å². The number of ether oxygens (including phenoxy) is 1. The second-order valence-corrected chi connectivity index (χ2v) is 9.26. The Balaban J connectivity index is 1.62. The van der Waals surface area contributed by atoms with Gasteiger partial charge in [-0.25, -0.2) is 0 Å². The lowest BCUT2D eigenvalue weighted by Crippen LogP contribution is -2.10. The molecule has 0 amide bonds. The van der Waals surface area contributed by atoms with Crippen LogP contribution >= 0.6 is 0 Å². The summed E-state index contributed by atoms with van der Waals surface area (Å²) >= 11 is 0. The summed E-state index contributed by atoms with van der Waals surface area (Å²) < 4.78 is 6.10. The Morgan fingerprint density at radius 1 is 0.686 bits per heavy atom. The Hall–Kier alpha value is -4.12. The number of aryl methyl sites for hydroxylation is 4. The Morgan fingerprint density at radius 3 is 2.14 bits per heavy atom.